The maximum Gasteiger partial charge on any atom is 0.243 e. The first-order valence-electron chi connectivity index (χ1n) is 17.9. The van der Waals surface area contributed by atoms with E-state index in [1.807, 2.05) is 62.3 Å². The molecular weight excluding hydrogens is 626 g/mol. The molecule has 1 aromatic rings. The van der Waals surface area contributed by atoms with E-state index in [-0.39, 0.29) is 47.7 Å². The van der Waals surface area contributed by atoms with Crippen molar-refractivity contribution in [2.75, 3.05) is 6.54 Å². The zero-order valence-corrected chi connectivity index (χ0v) is 31.3. The number of rotatable bonds is 21. The Kier molecular flexibility index (Phi) is 19.0. The number of phenols is 1. The van der Waals surface area contributed by atoms with E-state index >= 15 is 0 Å². The van der Waals surface area contributed by atoms with Crippen LogP contribution in [0.1, 0.15) is 113 Å². The van der Waals surface area contributed by atoms with Crippen molar-refractivity contribution in [3.63, 3.8) is 0 Å². The molecule has 0 aliphatic heterocycles. The predicted octanol–water partition coefficient (Wildman–Crippen LogP) is 3.51. The molecule has 12 nitrogen and oxygen atoms in total. The van der Waals surface area contributed by atoms with Crippen molar-refractivity contribution >= 4 is 29.5 Å². The minimum atomic E-state index is -1.24. The standard InChI is InChI=1S/C37H63N5O7/c1-11-14-27(34(46)40-28(19-21(4)5)29(44)20-30(45)41-32(23(8)9)36(48)38-13-3)39-37(49)33(24(10)12-2)42-35(47)31(22(6)7)25-15-17-26(43)18-16-25/h15-18,21-24,27-29,31-33,43-44H,11-14,19-20H2,1-10H3,(H,38,48)(H,39,49)(H,40,46)(H,41,45)(H,42,47)/t24-,27-,28-,29-,31?,32-,33-/m0/s1. The highest BCUT2D eigenvalue weighted by molar-refractivity contribution is 5.94. The number of amides is 5. The van der Waals surface area contributed by atoms with Gasteiger partial charge in [0.25, 0.3) is 0 Å². The summed E-state index contributed by atoms with van der Waals surface area (Å²) < 4.78 is 0. The van der Waals surface area contributed by atoms with Crippen molar-refractivity contribution in [1.82, 2.24) is 26.6 Å². The second-order valence-corrected chi connectivity index (χ2v) is 14.2. The summed E-state index contributed by atoms with van der Waals surface area (Å²) in [6, 6.07) is 3.01. The summed E-state index contributed by atoms with van der Waals surface area (Å²) in [4.78, 5) is 66.4. The molecule has 0 radical (unpaired) electrons. The maximum absolute atomic E-state index is 13.8. The Morgan fingerprint density at radius 3 is 1.82 bits per heavy atom. The van der Waals surface area contributed by atoms with Crippen LogP contribution in [0.15, 0.2) is 24.3 Å². The molecule has 0 saturated carbocycles. The molecule has 0 aliphatic carbocycles. The lowest BCUT2D eigenvalue weighted by molar-refractivity contribution is -0.134. The molecule has 0 saturated heterocycles. The third kappa shape index (κ3) is 14.4. The molecular formula is C37H63N5O7. The van der Waals surface area contributed by atoms with Crippen LogP contribution in [0.25, 0.3) is 0 Å². The number of likely N-dealkylation sites (N-methyl/N-ethyl adjacent to an activating group) is 1. The van der Waals surface area contributed by atoms with Gasteiger partial charge in [0.15, 0.2) is 0 Å². The molecule has 0 spiro atoms. The van der Waals surface area contributed by atoms with Crippen molar-refractivity contribution in [2.24, 2.45) is 23.7 Å². The van der Waals surface area contributed by atoms with E-state index in [4.69, 9.17) is 0 Å². The predicted molar refractivity (Wildman–Crippen MR) is 191 cm³/mol. The lowest BCUT2D eigenvalue weighted by atomic mass is 9.86. The molecule has 7 atom stereocenters. The van der Waals surface area contributed by atoms with Crippen molar-refractivity contribution in [3.05, 3.63) is 29.8 Å². The second kappa shape index (κ2) is 21.4. The lowest BCUT2D eigenvalue weighted by Crippen LogP contribution is -2.58. The Balaban J connectivity index is 3.15. The number of carbonyl (C=O) groups excluding carboxylic acids is 5. The zero-order chi connectivity index (χ0) is 37.4. The largest absolute Gasteiger partial charge is 0.508 e. The average molecular weight is 690 g/mol. The summed E-state index contributed by atoms with van der Waals surface area (Å²) in [5.41, 5.74) is 0.712. The zero-order valence-electron chi connectivity index (χ0n) is 31.3. The first-order chi connectivity index (χ1) is 23.0. The summed E-state index contributed by atoms with van der Waals surface area (Å²) in [5.74, 6) is -3.08. The van der Waals surface area contributed by atoms with E-state index < -0.39 is 53.9 Å². The highest BCUT2D eigenvalue weighted by Gasteiger charge is 2.35. The van der Waals surface area contributed by atoms with Crippen LogP contribution in [0.5, 0.6) is 5.75 Å². The summed E-state index contributed by atoms with van der Waals surface area (Å²) in [6.45, 7) is 19.2. The minimum absolute atomic E-state index is 0.0634. The molecule has 0 aliphatic rings. The van der Waals surface area contributed by atoms with Gasteiger partial charge in [-0.05, 0) is 61.1 Å². The van der Waals surface area contributed by atoms with Crippen molar-refractivity contribution < 1.29 is 34.2 Å². The van der Waals surface area contributed by atoms with Crippen LogP contribution in [-0.2, 0) is 24.0 Å². The molecule has 1 unspecified atom stereocenters. The van der Waals surface area contributed by atoms with Crippen LogP contribution in [0.3, 0.4) is 0 Å². The number of nitrogens with one attached hydrogen (secondary N) is 5. The Morgan fingerprint density at radius 2 is 1.33 bits per heavy atom. The average Bonchev–Trinajstić information content (AvgIpc) is 3.01. The van der Waals surface area contributed by atoms with E-state index in [2.05, 4.69) is 26.6 Å². The third-order valence-electron chi connectivity index (χ3n) is 8.73. The van der Waals surface area contributed by atoms with E-state index in [9.17, 15) is 34.2 Å². The first kappa shape index (κ1) is 43.4. The first-order valence-corrected chi connectivity index (χ1v) is 17.9. The SMILES string of the molecule is CCC[C@H](NC(=O)[C@@H](NC(=O)C(c1ccc(O)cc1)C(C)C)[C@@H](C)CC)C(=O)N[C@@H](CC(C)C)[C@@H](O)CC(=O)N[C@H](C(=O)NCC)C(C)C. The normalized spacial score (nSPS) is 15.8. The Morgan fingerprint density at radius 1 is 0.714 bits per heavy atom. The molecule has 0 bridgehead atoms. The topological polar surface area (TPSA) is 186 Å². The van der Waals surface area contributed by atoms with Crippen LogP contribution in [0, 0.1) is 23.7 Å². The third-order valence-corrected chi connectivity index (χ3v) is 8.73. The van der Waals surface area contributed by atoms with Gasteiger partial charge in [-0.3, -0.25) is 24.0 Å². The molecule has 49 heavy (non-hydrogen) atoms. The number of benzene rings is 1. The molecule has 1 aromatic carbocycles. The maximum atomic E-state index is 13.8. The van der Waals surface area contributed by atoms with Crippen LogP contribution < -0.4 is 26.6 Å². The smallest absolute Gasteiger partial charge is 0.243 e. The molecule has 1 rings (SSSR count). The van der Waals surface area contributed by atoms with Gasteiger partial charge in [0.1, 0.15) is 23.9 Å². The van der Waals surface area contributed by atoms with Gasteiger partial charge >= 0.3 is 0 Å². The van der Waals surface area contributed by atoms with Crippen LogP contribution >= 0.6 is 0 Å². The Labute approximate surface area is 293 Å². The number of aromatic hydroxyl groups is 1. The Bertz CT molecular complexity index is 1200. The molecule has 0 fully saturated rings. The van der Waals surface area contributed by atoms with Gasteiger partial charge in [-0.25, -0.2) is 0 Å². The quantitative estimate of drug-likeness (QED) is 0.103. The van der Waals surface area contributed by atoms with Gasteiger partial charge < -0.3 is 36.8 Å². The van der Waals surface area contributed by atoms with Gasteiger partial charge in [0.2, 0.25) is 29.5 Å². The monoisotopic (exact) mass is 689 g/mol. The molecule has 7 N–H and O–H groups in total. The number of hydrogen-bond donors (Lipinski definition) is 7. The molecule has 12 heteroatoms. The number of aliphatic hydroxyl groups is 1. The number of carbonyl (C=O) groups is 5. The second-order valence-electron chi connectivity index (χ2n) is 14.2. The van der Waals surface area contributed by atoms with Gasteiger partial charge in [0, 0.05) is 6.54 Å². The van der Waals surface area contributed by atoms with Crippen LogP contribution in [0.4, 0.5) is 0 Å². The van der Waals surface area contributed by atoms with Crippen molar-refractivity contribution in [1.29, 1.82) is 0 Å². The fourth-order valence-corrected chi connectivity index (χ4v) is 5.77. The van der Waals surface area contributed by atoms with Crippen molar-refractivity contribution in [3.8, 4) is 5.75 Å². The highest BCUT2D eigenvalue weighted by Crippen LogP contribution is 2.27. The van der Waals surface area contributed by atoms with Gasteiger partial charge in [-0.1, -0.05) is 87.3 Å². The van der Waals surface area contributed by atoms with E-state index in [1.165, 1.54) is 12.1 Å². The minimum Gasteiger partial charge on any atom is -0.508 e. The number of aliphatic hydroxyl groups excluding tert-OH is 1. The van der Waals surface area contributed by atoms with Crippen molar-refractivity contribution in [2.45, 2.75) is 138 Å². The number of hydrogen-bond acceptors (Lipinski definition) is 7. The molecule has 0 heterocycles. The van der Waals surface area contributed by atoms with E-state index in [0.717, 1.165) is 0 Å². The number of phenolic OH excluding ortho intramolecular Hbond substituents is 1. The van der Waals surface area contributed by atoms with Gasteiger partial charge in [-0.15, -0.1) is 0 Å². The molecule has 0 aromatic heterocycles. The summed E-state index contributed by atoms with van der Waals surface area (Å²) in [7, 11) is 0. The van der Waals surface area contributed by atoms with Gasteiger partial charge in [0.05, 0.1) is 24.5 Å². The van der Waals surface area contributed by atoms with Gasteiger partial charge in [-0.2, -0.15) is 0 Å². The van der Waals surface area contributed by atoms with E-state index in [1.54, 1.807) is 19.1 Å². The Hall–Kier alpha value is -3.67. The highest BCUT2D eigenvalue weighted by atomic mass is 16.3. The summed E-state index contributed by atoms with van der Waals surface area (Å²) in [6.07, 6.45) is 0.282. The molecule has 5 amide bonds. The van der Waals surface area contributed by atoms with Crippen LogP contribution in [0.2, 0.25) is 0 Å². The molecule has 278 valence electrons. The van der Waals surface area contributed by atoms with Crippen LogP contribution in [-0.4, -0.2) is 76.6 Å². The fraction of sp³-hybridized carbons (Fsp3) is 0.703. The fourth-order valence-electron chi connectivity index (χ4n) is 5.77. The van der Waals surface area contributed by atoms with E-state index in [0.29, 0.717) is 37.8 Å². The lowest BCUT2D eigenvalue weighted by Gasteiger charge is -2.31. The summed E-state index contributed by atoms with van der Waals surface area (Å²) in [5, 5.41) is 34.9. The summed E-state index contributed by atoms with van der Waals surface area (Å²) >= 11 is 0.